The lowest BCUT2D eigenvalue weighted by atomic mass is 9.84. The minimum atomic E-state index is -0.0535. The van der Waals surface area contributed by atoms with E-state index in [0.29, 0.717) is 18.3 Å². The first-order chi connectivity index (χ1) is 13.0. The number of hydrogen-bond donors (Lipinski definition) is 2. The van der Waals surface area contributed by atoms with E-state index < -0.39 is 0 Å². The summed E-state index contributed by atoms with van der Waals surface area (Å²) in [5.74, 6) is 1.14. The number of benzene rings is 1. The van der Waals surface area contributed by atoms with Crippen molar-refractivity contribution in [3.8, 4) is 0 Å². The number of likely N-dealkylation sites (N-methyl/N-ethyl adjacent to an activating group) is 1. The predicted octanol–water partition coefficient (Wildman–Crippen LogP) is 2.16. The average Bonchev–Trinajstić information content (AvgIpc) is 3.25. The molecule has 0 aromatic heterocycles. The highest BCUT2D eigenvalue weighted by molar-refractivity contribution is 5.93. The lowest BCUT2D eigenvalue weighted by Gasteiger charge is -2.32. The van der Waals surface area contributed by atoms with Crippen LogP contribution in [0.1, 0.15) is 24.8 Å². The largest absolute Gasteiger partial charge is 0.340 e. The summed E-state index contributed by atoms with van der Waals surface area (Å²) in [5, 5.41) is 3.03. The van der Waals surface area contributed by atoms with Crippen LogP contribution in [0.2, 0.25) is 0 Å². The van der Waals surface area contributed by atoms with Crippen LogP contribution in [0.25, 0.3) is 0 Å². The van der Waals surface area contributed by atoms with Crippen molar-refractivity contribution in [2.24, 2.45) is 23.5 Å². The zero-order valence-corrected chi connectivity index (χ0v) is 18.5. The van der Waals surface area contributed by atoms with Gasteiger partial charge in [-0.2, -0.15) is 0 Å². The van der Waals surface area contributed by atoms with E-state index in [0.717, 1.165) is 50.3 Å². The minimum absolute atomic E-state index is 0. The Morgan fingerprint density at radius 1 is 1.03 bits per heavy atom. The maximum Gasteiger partial charge on any atom is 0.229 e. The van der Waals surface area contributed by atoms with E-state index in [4.69, 9.17) is 5.73 Å². The molecule has 2 amide bonds. The fourth-order valence-corrected chi connectivity index (χ4v) is 5.00. The van der Waals surface area contributed by atoms with Crippen molar-refractivity contribution in [1.82, 2.24) is 9.80 Å². The Morgan fingerprint density at radius 3 is 2.24 bits per heavy atom. The molecule has 162 valence electrons. The van der Waals surface area contributed by atoms with Gasteiger partial charge in [-0.3, -0.25) is 9.59 Å². The van der Waals surface area contributed by atoms with Gasteiger partial charge in [0.15, 0.2) is 0 Å². The van der Waals surface area contributed by atoms with Crippen LogP contribution in [0.15, 0.2) is 24.3 Å². The van der Waals surface area contributed by atoms with Crippen LogP contribution < -0.4 is 11.1 Å². The van der Waals surface area contributed by atoms with Crippen molar-refractivity contribution >= 4 is 42.3 Å². The number of amides is 2. The van der Waals surface area contributed by atoms with Gasteiger partial charge in [0.2, 0.25) is 11.8 Å². The molecule has 3 N–H and O–H groups in total. The fraction of sp³-hybridized carbons (Fsp3) is 0.619. The monoisotopic (exact) mass is 442 g/mol. The highest BCUT2D eigenvalue weighted by atomic mass is 35.5. The lowest BCUT2D eigenvalue weighted by molar-refractivity contribution is -0.132. The fourth-order valence-electron chi connectivity index (χ4n) is 5.00. The normalized spacial score (nSPS) is 28.4. The molecule has 4 atom stereocenters. The topological polar surface area (TPSA) is 78.7 Å². The first kappa shape index (κ1) is 23.9. The SMILES string of the molecule is CN1CCN(C(=O)Cc2ccc(NC(=O)C3C4CCC(C4)C3N)cc2)CC1.Cl.Cl. The molecule has 3 fully saturated rings. The molecular formula is C21H32Cl2N4O2. The number of halogens is 2. The molecule has 6 nitrogen and oxygen atoms in total. The smallest absolute Gasteiger partial charge is 0.229 e. The number of rotatable bonds is 4. The van der Waals surface area contributed by atoms with Crippen molar-refractivity contribution in [2.75, 3.05) is 38.5 Å². The van der Waals surface area contributed by atoms with E-state index in [1.807, 2.05) is 29.2 Å². The Morgan fingerprint density at radius 2 is 1.66 bits per heavy atom. The molecule has 1 aromatic carbocycles. The molecule has 2 saturated carbocycles. The van der Waals surface area contributed by atoms with E-state index in [2.05, 4.69) is 17.3 Å². The standard InChI is InChI=1S/C21H30N4O2.2ClH/c1-24-8-10-25(11-9-24)18(26)12-14-2-6-17(7-3-14)23-21(27)19-15-4-5-16(13-15)20(19)22;;/h2-3,6-7,15-16,19-20H,4-5,8-13,22H2,1H3,(H,23,27);2*1H. The van der Waals surface area contributed by atoms with Crippen molar-refractivity contribution in [2.45, 2.75) is 31.7 Å². The van der Waals surface area contributed by atoms with Gasteiger partial charge in [0.25, 0.3) is 0 Å². The number of nitrogens with one attached hydrogen (secondary N) is 1. The van der Waals surface area contributed by atoms with Gasteiger partial charge >= 0.3 is 0 Å². The van der Waals surface area contributed by atoms with Crippen LogP contribution in [0.5, 0.6) is 0 Å². The summed E-state index contributed by atoms with van der Waals surface area (Å²) in [4.78, 5) is 29.3. The molecule has 1 saturated heterocycles. The third kappa shape index (κ3) is 5.23. The number of piperazine rings is 1. The number of hydrogen-bond acceptors (Lipinski definition) is 4. The second-order valence-electron chi connectivity index (χ2n) is 8.48. The molecule has 4 unspecified atom stereocenters. The van der Waals surface area contributed by atoms with Gasteiger partial charge in [0, 0.05) is 37.9 Å². The second kappa shape index (κ2) is 10.1. The molecule has 4 rings (SSSR count). The zero-order chi connectivity index (χ0) is 19.0. The van der Waals surface area contributed by atoms with Gasteiger partial charge in [-0.1, -0.05) is 12.1 Å². The number of fused-ring (bicyclic) bond motifs is 2. The van der Waals surface area contributed by atoms with E-state index in [1.165, 1.54) is 6.42 Å². The number of anilines is 1. The van der Waals surface area contributed by atoms with Crippen molar-refractivity contribution < 1.29 is 9.59 Å². The van der Waals surface area contributed by atoms with Crippen molar-refractivity contribution in [1.29, 1.82) is 0 Å². The molecule has 29 heavy (non-hydrogen) atoms. The molecule has 8 heteroatoms. The Balaban J connectivity index is 0.00000150. The van der Waals surface area contributed by atoms with Gasteiger partial charge in [-0.25, -0.2) is 0 Å². The summed E-state index contributed by atoms with van der Waals surface area (Å²) in [6, 6.07) is 7.66. The number of carbonyl (C=O) groups is 2. The third-order valence-electron chi connectivity index (χ3n) is 6.72. The summed E-state index contributed by atoms with van der Waals surface area (Å²) >= 11 is 0. The quantitative estimate of drug-likeness (QED) is 0.748. The van der Waals surface area contributed by atoms with Gasteiger partial charge in [0.1, 0.15) is 0 Å². The van der Waals surface area contributed by atoms with Crippen LogP contribution in [0.4, 0.5) is 5.69 Å². The molecule has 2 aliphatic carbocycles. The van der Waals surface area contributed by atoms with E-state index in [9.17, 15) is 9.59 Å². The van der Waals surface area contributed by atoms with Gasteiger partial charge in [0.05, 0.1) is 12.3 Å². The third-order valence-corrected chi connectivity index (χ3v) is 6.72. The summed E-state index contributed by atoms with van der Waals surface area (Å²) in [5.41, 5.74) is 8.03. The van der Waals surface area contributed by atoms with Gasteiger partial charge in [-0.05, 0) is 55.8 Å². The summed E-state index contributed by atoms with van der Waals surface area (Å²) in [6.07, 6.45) is 3.82. The highest BCUT2D eigenvalue weighted by Gasteiger charge is 2.49. The first-order valence-corrected chi connectivity index (χ1v) is 10.1. The first-order valence-electron chi connectivity index (χ1n) is 10.1. The minimum Gasteiger partial charge on any atom is -0.340 e. The molecule has 2 bridgehead atoms. The summed E-state index contributed by atoms with van der Waals surface area (Å²) < 4.78 is 0. The Hall–Kier alpha value is -1.34. The average molecular weight is 443 g/mol. The van der Waals surface area contributed by atoms with Gasteiger partial charge < -0.3 is 20.9 Å². The Labute approximate surface area is 185 Å². The van der Waals surface area contributed by atoms with Crippen molar-refractivity contribution in [3.63, 3.8) is 0 Å². The molecule has 3 aliphatic rings. The van der Waals surface area contributed by atoms with Crippen LogP contribution in [-0.2, 0) is 16.0 Å². The number of nitrogens with two attached hydrogens (primary N) is 1. The molecule has 0 radical (unpaired) electrons. The maximum atomic E-state index is 12.7. The predicted molar refractivity (Wildman–Crippen MR) is 120 cm³/mol. The zero-order valence-electron chi connectivity index (χ0n) is 16.9. The van der Waals surface area contributed by atoms with E-state index in [-0.39, 0.29) is 48.6 Å². The Kier molecular flexibility index (Phi) is 8.35. The molecular weight excluding hydrogens is 411 g/mol. The van der Waals surface area contributed by atoms with Crippen LogP contribution in [0, 0.1) is 17.8 Å². The van der Waals surface area contributed by atoms with Crippen LogP contribution in [-0.4, -0.2) is 60.9 Å². The molecule has 1 aromatic rings. The number of carbonyl (C=O) groups excluding carboxylic acids is 2. The molecule has 0 spiro atoms. The molecule has 1 heterocycles. The van der Waals surface area contributed by atoms with Crippen LogP contribution in [0.3, 0.4) is 0 Å². The second-order valence-corrected chi connectivity index (χ2v) is 8.48. The molecule has 1 aliphatic heterocycles. The van der Waals surface area contributed by atoms with Crippen molar-refractivity contribution in [3.05, 3.63) is 29.8 Å². The van der Waals surface area contributed by atoms with E-state index in [1.54, 1.807) is 0 Å². The number of nitrogens with zero attached hydrogens (tertiary/aromatic N) is 2. The van der Waals surface area contributed by atoms with Gasteiger partial charge in [-0.15, -0.1) is 24.8 Å². The summed E-state index contributed by atoms with van der Waals surface area (Å²) in [7, 11) is 2.08. The van der Waals surface area contributed by atoms with Crippen LogP contribution >= 0.6 is 24.8 Å². The highest BCUT2D eigenvalue weighted by Crippen LogP contribution is 2.47. The Bertz CT molecular complexity index is 705. The maximum absolute atomic E-state index is 12.7. The summed E-state index contributed by atoms with van der Waals surface area (Å²) in [6.45, 7) is 3.46. The van der Waals surface area contributed by atoms with E-state index >= 15 is 0 Å². The lowest BCUT2D eigenvalue weighted by Crippen LogP contribution is -2.47.